The van der Waals surface area contributed by atoms with Crippen LogP contribution in [0.1, 0.15) is 44.1 Å². The zero-order valence-corrected chi connectivity index (χ0v) is 14.8. The maximum Gasteiger partial charge on any atom is 0.226 e. The van der Waals surface area contributed by atoms with E-state index >= 15 is 0 Å². The molecule has 1 aliphatic carbocycles. The van der Waals surface area contributed by atoms with Crippen molar-refractivity contribution in [3.05, 3.63) is 47.0 Å². The van der Waals surface area contributed by atoms with Crippen LogP contribution in [0.25, 0.3) is 10.8 Å². The predicted molar refractivity (Wildman–Crippen MR) is 99.4 cm³/mol. The van der Waals surface area contributed by atoms with Crippen molar-refractivity contribution in [2.45, 2.75) is 51.0 Å². The Balaban J connectivity index is 1.51. The molecule has 3 heteroatoms. The van der Waals surface area contributed by atoms with Crippen LogP contribution in [-0.4, -0.2) is 23.4 Å². The number of carbonyl (C=O) groups excluding carboxylic acids is 1. The molecule has 0 N–H and O–H groups in total. The van der Waals surface area contributed by atoms with Crippen LogP contribution in [0.4, 0.5) is 0 Å². The zero-order valence-electron chi connectivity index (χ0n) is 14.0. The number of hydrogen-bond acceptors (Lipinski definition) is 1. The largest absolute Gasteiger partial charge is 0.339 e. The van der Waals surface area contributed by atoms with Crippen molar-refractivity contribution in [1.29, 1.82) is 0 Å². The fraction of sp³-hybridized carbons (Fsp3) is 0.476. The summed E-state index contributed by atoms with van der Waals surface area (Å²) < 4.78 is 0. The van der Waals surface area contributed by atoms with E-state index in [9.17, 15) is 4.79 Å². The van der Waals surface area contributed by atoms with E-state index in [1.54, 1.807) is 0 Å². The molecule has 1 saturated heterocycles. The van der Waals surface area contributed by atoms with Gasteiger partial charge in [0.15, 0.2) is 0 Å². The smallest absolute Gasteiger partial charge is 0.226 e. The van der Waals surface area contributed by atoms with Crippen molar-refractivity contribution in [3.63, 3.8) is 0 Å². The summed E-state index contributed by atoms with van der Waals surface area (Å²) in [5, 5.41) is 3.07. The van der Waals surface area contributed by atoms with Gasteiger partial charge in [-0.15, -0.1) is 0 Å². The predicted octanol–water partition coefficient (Wildman–Crippen LogP) is 5.22. The van der Waals surface area contributed by atoms with Gasteiger partial charge in [-0.05, 0) is 36.6 Å². The average molecular weight is 342 g/mol. The second-order valence-corrected chi connectivity index (χ2v) is 7.65. The minimum atomic E-state index is 0.102. The van der Waals surface area contributed by atoms with Crippen molar-refractivity contribution in [1.82, 2.24) is 4.90 Å². The van der Waals surface area contributed by atoms with Crippen LogP contribution in [-0.2, 0) is 11.2 Å². The summed E-state index contributed by atoms with van der Waals surface area (Å²) in [5.41, 5.74) is 1.11. The number of rotatable bonds is 3. The standard InChI is InChI=1S/C21H24ClNO/c22-20-16(11-10-15-6-4-5-9-19(15)20)14-17-12-13-23(21(17)24)18-7-2-1-3-8-18/h4-6,9-11,17-18H,1-3,7-8,12-14H2. The first-order chi connectivity index (χ1) is 11.7. The van der Waals surface area contributed by atoms with Gasteiger partial charge in [-0.2, -0.15) is 0 Å². The third kappa shape index (κ3) is 2.93. The maximum absolute atomic E-state index is 12.9. The molecule has 2 fully saturated rings. The molecule has 2 aliphatic rings. The summed E-state index contributed by atoms with van der Waals surface area (Å²) in [4.78, 5) is 15.0. The number of fused-ring (bicyclic) bond motifs is 1. The number of nitrogens with zero attached hydrogens (tertiary/aromatic N) is 1. The molecule has 1 atom stereocenters. The molecule has 0 bridgehead atoms. The van der Waals surface area contributed by atoms with Crippen LogP contribution < -0.4 is 0 Å². The molecule has 1 saturated carbocycles. The summed E-state index contributed by atoms with van der Waals surface area (Å²) >= 11 is 6.63. The second-order valence-electron chi connectivity index (χ2n) is 7.27. The van der Waals surface area contributed by atoms with Gasteiger partial charge in [0, 0.05) is 23.9 Å². The highest BCUT2D eigenvalue weighted by Gasteiger charge is 2.36. The quantitative estimate of drug-likeness (QED) is 0.749. The van der Waals surface area contributed by atoms with Gasteiger partial charge in [0.2, 0.25) is 5.91 Å². The van der Waals surface area contributed by atoms with Crippen LogP contribution in [0.15, 0.2) is 36.4 Å². The van der Waals surface area contributed by atoms with Gasteiger partial charge >= 0.3 is 0 Å². The molecule has 2 nitrogen and oxygen atoms in total. The van der Waals surface area contributed by atoms with E-state index in [0.29, 0.717) is 11.9 Å². The number of hydrogen-bond donors (Lipinski definition) is 0. The highest BCUT2D eigenvalue weighted by Crippen LogP contribution is 2.33. The summed E-state index contributed by atoms with van der Waals surface area (Å²) in [6.45, 7) is 0.930. The zero-order chi connectivity index (χ0) is 16.5. The molecule has 0 radical (unpaired) electrons. The van der Waals surface area contributed by atoms with Crippen molar-refractivity contribution in [2.75, 3.05) is 6.54 Å². The Morgan fingerprint density at radius 3 is 2.62 bits per heavy atom. The average Bonchev–Trinajstić information content (AvgIpc) is 2.99. The lowest BCUT2D eigenvalue weighted by atomic mass is 9.93. The third-order valence-electron chi connectivity index (χ3n) is 5.78. The SMILES string of the molecule is O=C1C(Cc2ccc3ccccc3c2Cl)CCN1C1CCCCC1. The van der Waals surface area contributed by atoms with Crippen LogP contribution in [0, 0.1) is 5.92 Å². The van der Waals surface area contributed by atoms with Crippen molar-refractivity contribution >= 4 is 28.3 Å². The Kier molecular flexibility index (Phi) is 4.49. The molecule has 2 aromatic rings. The van der Waals surface area contributed by atoms with E-state index in [-0.39, 0.29) is 5.92 Å². The minimum absolute atomic E-state index is 0.102. The first kappa shape index (κ1) is 16.0. The molecule has 1 heterocycles. The van der Waals surface area contributed by atoms with Gasteiger partial charge in [0.1, 0.15) is 0 Å². The molecule has 1 aliphatic heterocycles. The van der Waals surface area contributed by atoms with E-state index in [4.69, 9.17) is 11.6 Å². The van der Waals surface area contributed by atoms with Crippen molar-refractivity contribution < 1.29 is 4.79 Å². The van der Waals surface area contributed by atoms with Crippen LogP contribution in [0.3, 0.4) is 0 Å². The molecule has 1 unspecified atom stereocenters. The van der Waals surface area contributed by atoms with Gasteiger partial charge in [-0.25, -0.2) is 0 Å². The number of likely N-dealkylation sites (tertiary alicyclic amines) is 1. The first-order valence-corrected chi connectivity index (χ1v) is 9.58. The van der Waals surface area contributed by atoms with Crippen LogP contribution in [0.2, 0.25) is 5.02 Å². The molecule has 24 heavy (non-hydrogen) atoms. The van der Waals surface area contributed by atoms with E-state index in [2.05, 4.69) is 29.2 Å². The maximum atomic E-state index is 12.9. The van der Waals surface area contributed by atoms with Gasteiger partial charge in [0.25, 0.3) is 0 Å². The molecule has 0 aromatic heterocycles. The molecule has 1 amide bonds. The number of amides is 1. The number of halogens is 1. The Hall–Kier alpha value is -1.54. The summed E-state index contributed by atoms with van der Waals surface area (Å²) in [6, 6.07) is 12.9. The summed E-state index contributed by atoms with van der Waals surface area (Å²) in [5.74, 6) is 0.455. The van der Waals surface area contributed by atoms with Gasteiger partial charge in [-0.3, -0.25) is 4.79 Å². The molecule has 2 aromatic carbocycles. The topological polar surface area (TPSA) is 20.3 Å². The first-order valence-electron chi connectivity index (χ1n) is 9.20. The van der Waals surface area contributed by atoms with Gasteiger partial charge in [-0.1, -0.05) is 67.3 Å². The number of carbonyl (C=O) groups is 1. The normalized spacial score (nSPS) is 22.5. The van der Waals surface area contributed by atoms with Crippen molar-refractivity contribution in [2.24, 2.45) is 5.92 Å². The fourth-order valence-electron chi connectivity index (χ4n) is 4.41. The number of benzene rings is 2. The summed E-state index contributed by atoms with van der Waals surface area (Å²) in [7, 11) is 0. The monoisotopic (exact) mass is 341 g/mol. The highest BCUT2D eigenvalue weighted by atomic mass is 35.5. The van der Waals surface area contributed by atoms with E-state index in [1.165, 1.54) is 32.1 Å². The minimum Gasteiger partial charge on any atom is -0.339 e. The Bertz CT molecular complexity index is 751. The lowest BCUT2D eigenvalue weighted by molar-refractivity contribution is -0.133. The highest BCUT2D eigenvalue weighted by molar-refractivity contribution is 6.36. The Labute approximate surface area is 148 Å². The van der Waals surface area contributed by atoms with Crippen molar-refractivity contribution in [3.8, 4) is 0 Å². The molecule has 126 valence electrons. The lowest BCUT2D eigenvalue weighted by Crippen LogP contribution is -2.39. The van der Waals surface area contributed by atoms with E-state index in [0.717, 1.165) is 40.7 Å². The van der Waals surface area contributed by atoms with Crippen LogP contribution in [0.5, 0.6) is 0 Å². The molecular formula is C21H24ClNO. The molecule has 4 rings (SSSR count). The van der Waals surface area contributed by atoms with E-state index < -0.39 is 0 Å². The summed E-state index contributed by atoms with van der Waals surface area (Å²) in [6.07, 6.45) is 7.99. The van der Waals surface area contributed by atoms with Crippen LogP contribution >= 0.6 is 11.6 Å². The van der Waals surface area contributed by atoms with Gasteiger partial charge < -0.3 is 4.90 Å². The van der Waals surface area contributed by atoms with Gasteiger partial charge in [0.05, 0.1) is 5.02 Å². The Morgan fingerprint density at radius 2 is 1.79 bits per heavy atom. The second kappa shape index (κ2) is 6.76. The Morgan fingerprint density at radius 1 is 1.00 bits per heavy atom. The fourth-order valence-corrected chi connectivity index (χ4v) is 4.72. The van der Waals surface area contributed by atoms with E-state index in [1.807, 2.05) is 12.1 Å². The molecule has 0 spiro atoms. The lowest BCUT2D eigenvalue weighted by Gasteiger charge is -2.31. The third-order valence-corrected chi connectivity index (χ3v) is 6.22. The molecular weight excluding hydrogens is 318 g/mol.